The zero-order valence-corrected chi connectivity index (χ0v) is 10.2. The molecule has 1 N–H and O–H groups in total. The minimum atomic E-state index is 0. The van der Waals surface area contributed by atoms with Gasteiger partial charge in [0.15, 0.2) is 0 Å². The Morgan fingerprint density at radius 3 is 2.94 bits per heavy atom. The molecule has 3 nitrogen and oxygen atoms in total. The smallest absolute Gasteiger partial charge is 0.228 e. The van der Waals surface area contributed by atoms with Crippen molar-refractivity contribution in [3.05, 3.63) is 29.8 Å². The first-order valence-electron chi connectivity index (χ1n) is 5.36. The van der Waals surface area contributed by atoms with Crippen LogP contribution >= 0.6 is 12.4 Å². The molecule has 1 heterocycles. The average Bonchev–Trinajstić information content (AvgIpc) is 2.69. The number of nitrogens with one attached hydrogen (secondary N) is 1. The fraction of sp³-hybridized carbons (Fsp3) is 0.417. The molecule has 1 amide bonds. The largest absolute Gasteiger partial charge is 0.319 e. The summed E-state index contributed by atoms with van der Waals surface area (Å²) in [6.07, 6.45) is 1.56. The second-order valence-electron chi connectivity index (χ2n) is 3.78. The van der Waals surface area contributed by atoms with Gasteiger partial charge in [-0.2, -0.15) is 0 Å². The van der Waals surface area contributed by atoms with Crippen molar-refractivity contribution in [2.45, 2.75) is 12.8 Å². The van der Waals surface area contributed by atoms with E-state index in [4.69, 9.17) is 0 Å². The molecule has 0 radical (unpaired) electrons. The van der Waals surface area contributed by atoms with Crippen molar-refractivity contribution in [1.82, 2.24) is 5.32 Å². The number of rotatable bonds is 3. The highest BCUT2D eigenvalue weighted by Gasteiger charge is 2.23. The number of nitrogens with zero attached hydrogens (tertiary/aromatic N) is 1. The summed E-state index contributed by atoms with van der Waals surface area (Å²) >= 11 is 0. The van der Waals surface area contributed by atoms with E-state index < -0.39 is 0 Å². The summed E-state index contributed by atoms with van der Waals surface area (Å²) in [5, 5.41) is 3.00. The van der Waals surface area contributed by atoms with E-state index in [0.29, 0.717) is 6.42 Å². The van der Waals surface area contributed by atoms with Crippen LogP contribution in [-0.2, 0) is 11.2 Å². The molecular formula is C12H17ClN2O. The lowest BCUT2D eigenvalue weighted by Gasteiger charge is -2.16. The van der Waals surface area contributed by atoms with Crippen LogP contribution in [0.5, 0.6) is 0 Å². The molecule has 1 aromatic rings. The zero-order valence-electron chi connectivity index (χ0n) is 9.40. The van der Waals surface area contributed by atoms with Crippen molar-refractivity contribution in [3.63, 3.8) is 0 Å². The lowest BCUT2D eigenvalue weighted by Crippen LogP contribution is -2.31. The van der Waals surface area contributed by atoms with Crippen LogP contribution in [0.1, 0.15) is 12.0 Å². The topological polar surface area (TPSA) is 32.3 Å². The van der Waals surface area contributed by atoms with Gasteiger partial charge in [0.05, 0.1) is 0 Å². The Hall–Kier alpha value is -1.06. The number of amides is 1. The van der Waals surface area contributed by atoms with Gasteiger partial charge in [-0.3, -0.25) is 4.79 Å². The quantitative estimate of drug-likeness (QED) is 0.871. The van der Waals surface area contributed by atoms with E-state index in [9.17, 15) is 4.79 Å². The van der Waals surface area contributed by atoms with E-state index in [2.05, 4.69) is 11.4 Å². The van der Waals surface area contributed by atoms with Crippen molar-refractivity contribution in [2.24, 2.45) is 0 Å². The number of carbonyl (C=O) groups excluding carboxylic acids is 1. The van der Waals surface area contributed by atoms with Crippen molar-refractivity contribution in [1.29, 1.82) is 0 Å². The van der Waals surface area contributed by atoms with Crippen LogP contribution in [0.25, 0.3) is 0 Å². The first-order chi connectivity index (χ1) is 7.33. The van der Waals surface area contributed by atoms with Crippen LogP contribution in [0.2, 0.25) is 0 Å². The third kappa shape index (κ3) is 2.54. The predicted octanol–water partition coefficient (Wildman–Crippen LogP) is 1.61. The highest BCUT2D eigenvalue weighted by molar-refractivity contribution is 5.95. The number of para-hydroxylation sites is 1. The molecule has 0 saturated carbocycles. The Balaban J connectivity index is 0.00000128. The predicted molar refractivity (Wildman–Crippen MR) is 68.3 cm³/mol. The second kappa shape index (κ2) is 5.87. The van der Waals surface area contributed by atoms with Crippen LogP contribution in [0, 0.1) is 0 Å². The molecule has 0 unspecified atom stereocenters. The van der Waals surface area contributed by atoms with Crippen LogP contribution < -0.4 is 10.2 Å². The molecule has 1 aromatic carbocycles. The molecule has 0 saturated heterocycles. The normalized spacial score (nSPS) is 13.2. The lowest BCUT2D eigenvalue weighted by molar-refractivity contribution is -0.118. The van der Waals surface area contributed by atoms with Gasteiger partial charge in [-0.25, -0.2) is 0 Å². The third-order valence-corrected chi connectivity index (χ3v) is 2.78. The minimum Gasteiger partial charge on any atom is -0.319 e. The van der Waals surface area contributed by atoms with Gasteiger partial charge >= 0.3 is 0 Å². The number of hydrogen-bond acceptors (Lipinski definition) is 2. The van der Waals surface area contributed by atoms with E-state index in [0.717, 1.165) is 25.2 Å². The molecule has 2 rings (SSSR count). The molecule has 0 atom stereocenters. The van der Waals surface area contributed by atoms with Gasteiger partial charge in [-0.15, -0.1) is 12.4 Å². The standard InChI is InChI=1S/C12H16N2O.ClH/c1-13-8-6-12(15)14-9-7-10-4-2-3-5-11(10)14;/h2-5,13H,6-9H2,1H3;1H. The van der Waals surface area contributed by atoms with Crippen molar-refractivity contribution in [3.8, 4) is 0 Å². The number of fused-ring (bicyclic) bond motifs is 1. The fourth-order valence-electron chi connectivity index (χ4n) is 1.96. The summed E-state index contributed by atoms with van der Waals surface area (Å²) < 4.78 is 0. The molecule has 4 heteroatoms. The number of halogens is 1. The molecule has 0 spiro atoms. The van der Waals surface area contributed by atoms with Crippen molar-refractivity contribution in [2.75, 3.05) is 25.0 Å². The maximum atomic E-state index is 11.9. The van der Waals surface area contributed by atoms with Gasteiger partial charge in [-0.05, 0) is 25.1 Å². The molecule has 0 aliphatic carbocycles. The Bertz CT molecular complexity index is 368. The summed E-state index contributed by atoms with van der Waals surface area (Å²) in [6.45, 7) is 1.58. The highest BCUT2D eigenvalue weighted by atomic mass is 35.5. The van der Waals surface area contributed by atoms with Gasteiger partial charge < -0.3 is 10.2 Å². The number of carbonyl (C=O) groups is 1. The summed E-state index contributed by atoms with van der Waals surface area (Å²) in [6, 6.07) is 8.14. The van der Waals surface area contributed by atoms with Crippen molar-refractivity contribution < 1.29 is 4.79 Å². The van der Waals surface area contributed by atoms with Gasteiger partial charge in [0.2, 0.25) is 5.91 Å². The van der Waals surface area contributed by atoms with Crippen LogP contribution in [0.4, 0.5) is 5.69 Å². The van der Waals surface area contributed by atoms with E-state index in [1.165, 1.54) is 5.56 Å². The van der Waals surface area contributed by atoms with Gasteiger partial charge in [0, 0.05) is 25.2 Å². The number of hydrogen-bond donors (Lipinski definition) is 1. The third-order valence-electron chi connectivity index (χ3n) is 2.78. The SMILES string of the molecule is CNCCC(=O)N1CCc2ccccc21.Cl. The first kappa shape index (κ1) is 13.0. The van der Waals surface area contributed by atoms with Crippen LogP contribution in [0.3, 0.4) is 0 Å². The Kier molecular flexibility index (Phi) is 4.77. The van der Waals surface area contributed by atoms with E-state index >= 15 is 0 Å². The van der Waals surface area contributed by atoms with Crippen LogP contribution in [-0.4, -0.2) is 26.0 Å². The molecule has 88 valence electrons. The summed E-state index contributed by atoms with van der Waals surface area (Å²) in [5.74, 6) is 0.217. The number of benzene rings is 1. The van der Waals surface area contributed by atoms with E-state index in [1.54, 1.807) is 0 Å². The maximum Gasteiger partial charge on any atom is 0.228 e. The molecule has 16 heavy (non-hydrogen) atoms. The minimum absolute atomic E-state index is 0. The van der Waals surface area contributed by atoms with Crippen molar-refractivity contribution >= 4 is 24.0 Å². The lowest BCUT2D eigenvalue weighted by atomic mass is 10.2. The van der Waals surface area contributed by atoms with E-state index in [-0.39, 0.29) is 18.3 Å². The summed E-state index contributed by atoms with van der Waals surface area (Å²) in [5.41, 5.74) is 2.38. The highest BCUT2D eigenvalue weighted by Crippen LogP contribution is 2.27. The summed E-state index contributed by atoms with van der Waals surface area (Å²) in [7, 11) is 1.87. The fourth-order valence-corrected chi connectivity index (χ4v) is 1.96. The van der Waals surface area contributed by atoms with Gasteiger partial charge in [0.1, 0.15) is 0 Å². The molecule has 1 aliphatic rings. The Labute approximate surface area is 102 Å². The first-order valence-corrected chi connectivity index (χ1v) is 5.36. The summed E-state index contributed by atoms with van der Waals surface area (Å²) in [4.78, 5) is 13.7. The number of anilines is 1. The molecule has 1 aliphatic heterocycles. The Morgan fingerprint density at radius 2 is 2.19 bits per heavy atom. The van der Waals surface area contributed by atoms with Gasteiger partial charge in [-0.1, -0.05) is 18.2 Å². The van der Waals surface area contributed by atoms with Crippen LogP contribution in [0.15, 0.2) is 24.3 Å². The maximum absolute atomic E-state index is 11.9. The monoisotopic (exact) mass is 240 g/mol. The van der Waals surface area contributed by atoms with E-state index in [1.807, 2.05) is 30.1 Å². The molecular weight excluding hydrogens is 224 g/mol. The Morgan fingerprint density at radius 1 is 1.44 bits per heavy atom. The molecule has 0 aromatic heterocycles. The average molecular weight is 241 g/mol. The zero-order chi connectivity index (χ0) is 10.7. The molecule has 0 bridgehead atoms. The second-order valence-corrected chi connectivity index (χ2v) is 3.78. The molecule has 0 fully saturated rings. The van der Waals surface area contributed by atoms with Gasteiger partial charge in [0.25, 0.3) is 0 Å².